The van der Waals surface area contributed by atoms with Gasteiger partial charge >= 0.3 is 0 Å². The van der Waals surface area contributed by atoms with Gasteiger partial charge in [-0.25, -0.2) is 13.1 Å². The van der Waals surface area contributed by atoms with Crippen LogP contribution in [0.25, 0.3) is 10.8 Å². The lowest BCUT2D eigenvalue weighted by atomic mass is 10.2. The summed E-state index contributed by atoms with van der Waals surface area (Å²) in [6.07, 6.45) is 3.14. The number of rotatable bonds is 4. The third kappa shape index (κ3) is 3.11. The molecule has 0 radical (unpaired) electrons. The molecule has 9 nitrogen and oxygen atoms in total. The van der Waals surface area contributed by atoms with Crippen LogP contribution in [0.3, 0.4) is 0 Å². The van der Waals surface area contributed by atoms with Crippen molar-refractivity contribution < 1.29 is 17.9 Å². The summed E-state index contributed by atoms with van der Waals surface area (Å²) in [6, 6.07) is 10.6. The van der Waals surface area contributed by atoms with E-state index < -0.39 is 9.84 Å². The van der Waals surface area contributed by atoms with Crippen LogP contribution < -0.4 is 15.0 Å². The molecule has 1 N–H and O–H groups in total. The van der Waals surface area contributed by atoms with Crippen LogP contribution in [-0.4, -0.2) is 41.6 Å². The number of aromatic amines is 1. The Bertz CT molecular complexity index is 1410. The Kier molecular flexibility index (Phi) is 4.28. The van der Waals surface area contributed by atoms with Crippen molar-refractivity contribution in [3.63, 3.8) is 0 Å². The summed E-state index contributed by atoms with van der Waals surface area (Å²) < 4.78 is 38.4. The van der Waals surface area contributed by atoms with Gasteiger partial charge in [-0.05, 0) is 36.4 Å². The van der Waals surface area contributed by atoms with E-state index in [1.807, 2.05) is 0 Å². The van der Waals surface area contributed by atoms with E-state index >= 15 is 0 Å². The van der Waals surface area contributed by atoms with E-state index in [-0.39, 0.29) is 21.9 Å². The van der Waals surface area contributed by atoms with Gasteiger partial charge in [0.1, 0.15) is 13.2 Å². The molecule has 0 saturated carbocycles. The second kappa shape index (κ2) is 6.99. The fourth-order valence-corrected chi connectivity index (χ4v) is 4.62. The summed E-state index contributed by atoms with van der Waals surface area (Å²) in [6.45, 7) is 1.01. The first kappa shape index (κ1) is 18.4. The van der Waals surface area contributed by atoms with Crippen molar-refractivity contribution in [3.05, 3.63) is 70.9 Å². The molecule has 1 aliphatic heterocycles. The molecule has 5 rings (SSSR count). The van der Waals surface area contributed by atoms with Crippen LogP contribution >= 0.6 is 0 Å². The molecule has 3 heterocycles. The van der Waals surface area contributed by atoms with Crippen LogP contribution in [0.5, 0.6) is 11.5 Å². The van der Waals surface area contributed by atoms with Crippen molar-refractivity contribution in [2.75, 3.05) is 13.2 Å². The predicted molar refractivity (Wildman–Crippen MR) is 107 cm³/mol. The molecule has 10 heteroatoms. The van der Waals surface area contributed by atoms with E-state index in [1.165, 1.54) is 41.2 Å². The molecular weight excluding hydrogens is 408 g/mol. The van der Waals surface area contributed by atoms with Crippen molar-refractivity contribution in [3.8, 4) is 11.5 Å². The number of ether oxygens (including phenoxy) is 2. The first-order valence-electron chi connectivity index (χ1n) is 9.16. The summed E-state index contributed by atoms with van der Waals surface area (Å²) >= 11 is 0. The molecule has 0 spiro atoms. The highest BCUT2D eigenvalue weighted by molar-refractivity contribution is 7.91. The fourth-order valence-electron chi connectivity index (χ4n) is 3.30. The van der Waals surface area contributed by atoms with Gasteiger partial charge in [0.25, 0.3) is 5.56 Å². The van der Waals surface area contributed by atoms with Crippen LogP contribution in [0.4, 0.5) is 0 Å². The highest BCUT2D eigenvalue weighted by atomic mass is 32.2. The first-order chi connectivity index (χ1) is 14.5. The lowest BCUT2D eigenvalue weighted by Gasteiger charge is -2.18. The minimum atomic E-state index is -3.81. The Labute approximate surface area is 170 Å². The molecule has 0 fully saturated rings. The predicted octanol–water partition coefficient (Wildman–Crippen LogP) is 1.77. The zero-order valence-corrected chi connectivity index (χ0v) is 16.4. The highest BCUT2D eigenvalue weighted by Gasteiger charge is 2.22. The molecule has 30 heavy (non-hydrogen) atoms. The van der Waals surface area contributed by atoms with Crippen molar-refractivity contribution in [2.24, 2.45) is 0 Å². The number of sulfone groups is 1. The summed E-state index contributed by atoms with van der Waals surface area (Å²) in [5, 5.41) is 11.7. The normalized spacial score (nSPS) is 13.5. The van der Waals surface area contributed by atoms with Gasteiger partial charge < -0.3 is 9.47 Å². The fraction of sp³-hybridized carbons (Fsp3) is 0.150. The molecule has 0 saturated heterocycles. The van der Waals surface area contributed by atoms with Crippen molar-refractivity contribution in [2.45, 2.75) is 16.3 Å². The number of nitrogens with zero attached hydrogens (tertiary/aromatic N) is 3. The molecular formula is C20H16N4O5S. The van der Waals surface area contributed by atoms with Crippen molar-refractivity contribution >= 4 is 20.6 Å². The van der Waals surface area contributed by atoms with Crippen LogP contribution in [0.1, 0.15) is 5.69 Å². The van der Waals surface area contributed by atoms with Gasteiger partial charge in [0.15, 0.2) is 11.5 Å². The van der Waals surface area contributed by atoms with Crippen LogP contribution in [-0.2, 0) is 16.4 Å². The van der Waals surface area contributed by atoms with E-state index in [0.717, 1.165) is 0 Å². The number of nitrogens with one attached hydrogen (secondary N) is 1. The third-order valence-electron chi connectivity index (χ3n) is 4.83. The minimum Gasteiger partial charge on any atom is -0.486 e. The lowest BCUT2D eigenvalue weighted by Crippen LogP contribution is -2.23. The monoisotopic (exact) mass is 424 g/mol. The second-order valence-electron chi connectivity index (χ2n) is 6.73. The average Bonchev–Trinajstić information content (AvgIpc) is 3.28. The van der Waals surface area contributed by atoms with Crippen LogP contribution in [0, 0.1) is 0 Å². The molecule has 4 aromatic rings. The molecule has 2 aromatic heterocycles. The number of hydrogen-bond acceptors (Lipinski definition) is 7. The largest absolute Gasteiger partial charge is 0.486 e. The number of H-pyrrole nitrogens is 1. The standard InChI is InChI=1S/C20H16N4O5S/c25-20-17-3-1-15(9-13(17)11-22-24(20)12-14-5-6-21-23-14)30(26,27)16-2-4-18-19(10-16)29-8-7-28-18/h1-6,9-11H,7-8,12H2,(H,21,23). The zero-order chi connectivity index (χ0) is 20.7. The minimum absolute atomic E-state index is 0.0675. The van der Waals surface area contributed by atoms with Gasteiger partial charge in [-0.15, -0.1) is 0 Å². The maximum absolute atomic E-state index is 13.1. The Morgan fingerprint density at radius 2 is 1.77 bits per heavy atom. The van der Waals surface area contributed by atoms with Gasteiger partial charge in [-0.1, -0.05) is 0 Å². The Morgan fingerprint density at radius 1 is 1.00 bits per heavy atom. The molecule has 0 aliphatic carbocycles. The molecule has 2 aromatic carbocycles. The second-order valence-corrected chi connectivity index (χ2v) is 8.68. The highest BCUT2D eigenvalue weighted by Crippen LogP contribution is 2.34. The quantitative estimate of drug-likeness (QED) is 0.531. The van der Waals surface area contributed by atoms with E-state index in [9.17, 15) is 13.2 Å². The summed E-state index contributed by atoms with van der Waals surface area (Å²) in [7, 11) is -3.81. The number of hydrogen-bond donors (Lipinski definition) is 1. The summed E-state index contributed by atoms with van der Waals surface area (Å²) in [5.41, 5.74) is 0.348. The number of fused-ring (bicyclic) bond motifs is 2. The smallest absolute Gasteiger partial charge is 0.274 e. The van der Waals surface area contributed by atoms with Gasteiger partial charge in [0.05, 0.1) is 33.6 Å². The number of aromatic nitrogens is 4. The van der Waals surface area contributed by atoms with Gasteiger partial charge in [0, 0.05) is 17.6 Å². The third-order valence-corrected chi connectivity index (χ3v) is 6.58. The van der Waals surface area contributed by atoms with Crippen LogP contribution in [0.15, 0.2) is 69.4 Å². The van der Waals surface area contributed by atoms with E-state index in [2.05, 4.69) is 15.3 Å². The van der Waals surface area contributed by atoms with Crippen LogP contribution in [0.2, 0.25) is 0 Å². The van der Waals surface area contributed by atoms with Crippen molar-refractivity contribution in [1.82, 2.24) is 20.0 Å². The topological polar surface area (TPSA) is 116 Å². The molecule has 0 unspecified atom stereocenters. The number of benzene rings is 2. The Balaban J connectivity index is 1.54. The van der Waals surface area contributed by atoms with E-state index in [1.54, 1.807) is 18.3 Å². The maximum atomic E-state index is 13.1. The molecule has 152 valence electrons. The zero-order valence-electron chi connectivity index (χ0n) is 15.6. The summed E-state index contributed by atoms with van der Waals surface area (Å²) in [4.78, 5) is 12.9. The SMILES string of the molecule is O=c1c2ccc(S(=O)(=O)c3ccc4c(c3)OCCO4)cc2cnn1Cc1cc[nH]n1. The van der Waals surface area contributed by atoms with Crippen molar-refractivity contribution in [1.29, 1.82) is 0 Å². The molecule has 0 amide bonds. The molecule has 1 aliphatic rings. The van der Waals surface area contributed by atoms with E-state index in [4.69, 9.17) is 9.47 Å². The molecule has 0 bridgehead atoms. The lowest BCUT2D eigenvalue weighted by molar-refractivity contribution is 0.171. The Hall–Kier alpha value is -3.66. The molecule has 0 atom stereocenters. The Morgan fingerprint density at radius 3 is 2.57 bits per heavy atom. The van der Waals surface area contributed by atoms with Gasteiger partial charge in [-0.2, -0.15) is 10.2 Å². The maximum Gasteiger partial charge on any atom is 0.274 e. The van der Waals surface area contributed by atoms with Gasteiger partial charge in [0.2, 0.25) is 9.84 Å². The van der Waals surface area contributed by atoms with Gasteiger partial charge in [-0.3, -0.25) is 9.89 Å². The summed E-state index contributed by atoms with van der Waals surface area (Å²) in [5.74, 6) is 0.909. The first-order valence-corrected chi connectivity index (χ1v) is 10.6. The van der Waals surface area contributed by atoms with E-state index in [0.29, 0.717) is 41.2 Å². The average molecular weight is 424 g/mol.